The van der Waals surface area contributed by atoms with Crippen molar-refractivity contribution in [3.8, 4) is 0 Å². The van der Waals surface area contributed by atoms with Gasteiger partial charge in [0.2, 0.25) is 0 Å². The number of anilines is 1. The van der Waals surface area contributed by atoms with E-state index in [1.54, 1.807) is 6.07 Å². The Balaban J connectivity index is 2.17. The minimum Gasteiger partial charge on any atom is -0.380 e. The summed E-state index contributed by atoms with van der Waals surface area (Å²) >= 11 is 0. The number of pyridine rings is 1. The summed E-state index contributed by atoms with van der Waals surface area (Å²) in [7, 11) is 0. The summed E-state index contributed by atoms with van der Waals surface area (Å²) in [5.74, 6) is 0.735. The molecule has 106 valence electrons. The molecular formula is C14H17N3O3. The van der Waals surface area contributed by atoms with Crippen LogP contribution in [0.2, 0.25) is 0 Å². The Labute approximate surface area is 116 Å². The fourth-order valence-corrected chi connectivity index (χ4v) is 1.90. The summed E-state index contributed by atoms with van der Waals surface area (Å²) in [6.07, 6.45) is 0. The second kappa shape index (κ2) is 6.29. The number of nitrogens with one attached hydrogen (secondary N) is 1. The normalized spacial score (nSPS) is 12.3. The zero-order valence-electron chi connectivity index (χ0n) is 11.5. The molecule has 1 aromatic heterocycles. The van der Waals surface area contributed by atoms with Gasteiger partial charge in [-0.1, -0.05) is 0 Å². The van der Waals surface area contributed by atoms with E-state index in [0.29, 0.717) is 13.2 Å². The molecule has 6 heteroatoms. The van der Waals surface area contributed by atoms with Crippen molar-refractivity contribution in [1.82, 2.24) is 4.98 Å². The lowest BCUT2D eigenvalue weighted by atomic mass is 10.2. The summed E-state index contributed by atoms with van der Waals surface area (Å²) in [5.41, 5.74) is 0.800. The van der Waals surface area contributed by atoms with E-state index in [9.17, 15) is 10.1 Å². The van der Waals surface area contributed by atoms with E-state index in [0.717, 1.165) is 16.7 Å². The molecular weight excluding hydrogens is 258 g/mol. The second-order valence-electron chi connectivity index (χ2n) is 4.54. The van der Waals surface area contributed by atoms with Gasteiger partial charge in [0.15, 0.2) is 0 Å². The molecule has 0 amide bonds. The quantitative estimate of drug-likeness (QED) is 0.647. The Bertz CT molecular complexity index is 616. The van der Waals surface area contributed by atoms with Crippen molar-refractivity contribution < 1.29 is 9.66 Å². The van der Waals surface area contributed by atoms with E-state index in [1.165, 1.54) is 12.1 Å². The number of nitro groups is 1. The van der Waals surface area contributed by atoms with E-state index >= 15 is 0 Å². The van der Waals surface area contributed by atoms with Gasteiger partial charge in [0.05, 0.1) is 17.0 Å². The molecule has 1 unspecified atom stereocenters. The third-order valence-corrected chi connectivity index (χ3v) is 2.85. The van der Waals surface area contributed by atoms with E-state index in [-0.39, 0.29) is 11.7 Å². The predicted molar refractivity (Wildman–Crippen MR) is 78.0 cm³/mol. The fraction of sp³-hybridized carbons (Fsp3) is 0.357. The first kappa shape index (κ1) is 14.2. The first-order valence-corrected chi connectivity index (χ1v) is 6.49. The van der Waals surface area contributed by atoms with Gasteiger partial charge in [0.1, 0.15) is 5.82 Å². The number of nitro benzene ring substituents is 1. The Morgan fingerprint density at radius 2 is 2.20 bits per heavy atom. The van der Waals surface area contributed by atoms with Crippen LogP contribution in [0.5, 0.6) is 0 Å². The zero-order chi connectivity index (χ0) is 14.5. The number of fused-ring (bicyclic) bond motifs is 1. The standard InChI is InChI=1S/C14H17N3O3/c1-3-20-9-10(2)15-14-7-4-11-8-12(17(18)19)5-6-13(11)16-14/h4-8,10H,3,9H2,1-2H3,(H,15,16). The molecule has 6 nitrogen and oxygen atoms in total. The first-order valence-electron chi connectivity index (χ1n) is 6.49. The molecule has 0 saturated carbocycles. The number of ether oxygens (including phenoxy) is 1. The smallest absolute Gasteiger partial charge is 0.270 e. The van der Waals surface area contributed by atoms with Crippen molar-refractivity contribution in [2.45, 2.75) is 19.9 Å². The molecule has 0 aliphatic rings. The highest BCUT2D eigenvalue weighted by atomic mass is 16.6. The lowest BCUT2D eigenvalue weighted by molar-refractivity contribution is -0.384. The van der Waals surface area contributed by atoms with Gasteiger partial charge in [-0.3, -0.25) is 10.1 Å². The highest BCUT2D eigenvalue weighted by Crippen LogP contribution is 2.21. The van der Waals surface area contributed by atoms with Crippen LogP contribution >= 0.6 is 0 Å². The average Bonchev–Trinajstić information content (AvgIpc) is 2.44. The SMILES string of the molecule is CCOCC(C)Nc1ccc2cc([N+](=O)[O-])ccc2n1. The van der Waals surface area contributed by atoms with Crippen molar-refractivity contribution in [2.24, 2.45) is 0 Å². The number of non-ortho nitro benzene ring substituents is 1. The highest BCUT2D eigenvalue weighted by molar-refractivity contribution is 5.82. The summed E-state index contributed by atoms with van der Waals surface area (Å²) in [5, 5.41) is 14.7. The number of hydrogen-bond acceptors (Lipinski definition) is 5. The van der Waals surface area contributed by atoms with E-state index < -0.39 is 4.92 Å². The van der Waals surface area contributed by atoms with Crippen LogP contribution < -0.4 is 5.32 Å². The van der Waals surface area contributed by atoms with Crippen molar-refractivity contribution in [3.63, 3.8) is 0 Å². The molecule has 0 bridgehead atoms. The molecule has 0 saturated heterocycles. The van der Waals surface area contributed by atoms with Gasteiger partial charge in [-0.2, -0.15) is 0 Å². The lowest BCUT2D eigenvalue weighted by Gasteiger charge is -2.14. The monoisotopic (exact) mass is 275 g/mol. The van der Waals surface area contributed by atoms with Gasteiger partial charge < -0.3 is 10.1 Å². The minimum absolute atomic E-state index is 0.0738. The fourth-order valence-electron chi connectivity index (χ4n) is 1.90. The Kier molecular flexibility index (Phi) is 4.47. The molecule has 0 radical (unpaired) electrons. The van der Waals surface area contributed by atoms with Crippen molar-refractivity contribution in [3.05, 3.63) is 40.4 Å². The molecule has 2 rings (SSSR count). The Morgan fingerprint density at radius 3 is 2.90 bits per heavy atom. The lowest BCUT2D eigenvalue weighted by Crippen LogP contribution is -2.22. The van der Waals surface area contributed by atoms with Crippen molar-refractivity contribution >= 4 is 22.4 Å². The van der Waals surface area contributed by atoms with Gasteiger partial charge >= 0.3 is 0 Å². The summed E-state index contributed by atoms with van der Waals surface area (Å²) in [6, 6.07) is 8.43. The average molecular weight is 275 g/mol. The van der Waals surface area contributed by atoms with E-state index in [1.807, 2.05) is 26.0 Å². The van der Waals surface area contributed by atoms with Crippen LogP contribution in [0.1, 0.15) is 13.8 Å². The highest BCUT2D eigenvalue weighted by Gasteiger charge is 2.08. The summed E-state index contributed by atoms with van der Waals surface area (Å²) < 4.78 is 5.33. The minimum atomic E-state index is -0.407. The predicted octanol–water partition coefficient (Wildman–Crippen LogP) is 2.98. The molecule has 0 fully saturated rings. The topological polar surface area (TPSA) is 77.3 Å². The summed E-state index contributed by atoms with van der Waals surface area (Å²) in [6.45, 7) is 5.25. The number of nitrogens with zero attached hydrogens (tertiary/aromatic N) is 2. The van der Waals surface area contributed by atoms with Gasteiger partial charge in [-0.25, -0.2) is 4.98 Å². The third kappa shape index (κ3) is 3.42. The number of hydrogen-bond donors (Lipinski definition) is 1. The molecule has 20 heavy (non-hydrogen) atoms. The van der Waals surface area contributed by atoms with Crippen LogP contribution in [-0.2, 0) is 4.74 Å². The van der Waals surface area contributed by atoms with Gasteiger partial charge in [0, 0.05) is 30.2 Å². The van der Waals surface area contributed by atoms with Gasteiger partial charge in [0.25, 0.3) is 5.69 Å². The van der Waals surface area contributed by atoms with Crippen LogP contribution in [0.15, 0.2) is 30.3 Å². The summed E-state index contributed by atoms with van der Waals surface area (Å²) in [4.78, 5) is 14.7. The molecule has 2 aromatic rings. The first-order chi connectivity index (χ1) is 9.60. The molecule has 0 spiro atoms. The van der Waals surface area contributed by atoms with Crippen molar-refractivity contribution in [2.75, 3.05) is 18.5 Å². The third-order valence-electron chi connectivity index (χ3n) is 2.85. The van der Waals surface area contributed by atoms with Gasteiger partial charge in [-0.05, 0) is 32.0 Å². The molecule has 0 aliphatic carbocycles. The molecule has 0 aliphatic heterocycles. The number of aromatic nitrogens is 1. The van der Waals surface area contributed by atoms with Crippen LogP contribution in [0.3, 0.4) is 0 Å². The van der Waals surface area contributed by atoms with E-state index in [4.69, 9.17) is 4.74 Å². The molecule has 1 aromatic carbocycles. The Hall–Kier alpha value is -2.21. The molecule has 1 N–H and O–H groups in total. The van der Waals surface area contributed by atoms with Crippen LogP contribution in [-0.4, -0.2) is 29.2 Å². The number of benzene rings is 1. The molecule has 1 heterocycles. The van der Waals surface area contributed by atoms with Crippen LogP contribution in [0, 0.1) is 10.1 Å². The van der Waals surface area contributed by atoms with Gasteiger partial charge in [-0.15, -0.1) is 0 Å². The zero-order valence-corrected chi connectivity index (χ0v) is 11.5. The van der Waals surface area contributed by atoms with Crippen molar-refractivity contribution in [1.29, 1.82) is 0 Å². The number of rotatable bonds is 6. The second-order valence-corrected chi connectivity index (χ2v) is 4.54. The maximum Gasteiger partial charge on any atom is 0.270 e. The van der Waals surface area contributed by atoms with E-state index in [2.05, 4.69) is 10.3 Å². The maximum atomic E-state index is 10.7. The maximum absolute atomic E-state index is 10.7. The van der Waals surface area contributed by atoms with Crippen LogP contribution in [0.25, 0.3) is 10.9 Å². The molecule has 1 atom stereocenters. The van der Waals surface area contributed by atoms with Crippen LogP contribution in [0.4, 0.5) is 11.5 Å². The Morgan fingerprint density at radius 1 is 1.40 bits per heavy atom. The largest absolute Gasteiger partial charge is 0.380 e.